The Morgan fingerprint density at radius 3 is 2.31 bits per heavy atom. The monoisotopic (exact) mass is 395 g/mol. The van der Waals surface area contributed by atoms with Crippen LogP contribution in [0.2, 0.25) is 5.02 Å². The van der Waals surface area contributed by atoms with Crippen LogP contribution in [0.4, 0.5) is 0 Å². The maximum Gasteiger partial charge on any atom is 0.251 e. The molecule has 0 radical (unpaired) electrons. The third kappa shape index (κ3) is 4.99. The summed E-state index contributed by atoms with van der Waals surface area (Å²) in [5, 5.41) is 3.33. The van der Waals surface area contributed by atoms with Crippen molar-refractivity contribution in [1.82, 2.24) is 5.32 Å². The molecule has 0 spiro atoms. The van der Waals surface area contributed by atoms with E-state index >= 15 is 0 Å². The molecule has 140 valence electrons. The van der Waals surface area contributed by atoms with E-state index in [9.17, 15) is 13.2 Å². The van der Waals surface area contributed by atoms with E-state index in [0.29, 0.717) is 29.4 Å². The molecule has 1 amide bonds. The van der Waals surface area contributed by atoms with Crippen molar-refractivity contribution in [3.8, 4) is 5.75 Å². The first kappa shape index (κ1) is 20.3. The Balaban J connectivity index is 2.16. The van der Waals surface area contributed by atoms with Crippen LogP contribution in [-0.4, -0.2) is 27.2 Å². The molecule has 0 unspecified atom stereocenters. The number of benzene rings is 2. The maximum atomic E-state index is 12.5. The smallest absolute Gasteiger partial charge is 0.251 e. The average molecular weight is 396 g/mol. The van der Waals surface area contributed by atoms with Crippen LogP contribution in [0, 0.1) is 0 Å². The third-order valence-corrected chi connectivity index (χ3v) is 5.34. The highest BCUT2D eigenvalue weighted by atomic mass is 35.5. The second kappa shape index (κ2) is 8.56. The molecule has 0 aliphatic rings. The van der Waals surface area contributed by atoms with Gasteiger partial charge in [0.05, 0.1) is 22.6 Å². The Labute approximate surface area is 159 Å². The molecule has 0 saturated carbocycles. The van der Waals surface area contributed by atoms with Gasteiger partial charge in [-0.1, -0.05) is 30.7 Å². The van der Waals surface area contributed by atoms with Gasteiger partial charge in [0.1, 0.15) is 5.75 Å². The minimum Gasteiger partial charge on any atom is -0.492 e. The standard InChI is InChI=1S/C19H22ClNO4S/c1-4-17(13-6-9-15(10-7-13)26(3,23)24)21-19(22)14-8-11-18(25-5-2)16(20)12-14/h6-12,17H,4-5H2,1-3H3,(H,21,22)/t17-/m1/s1. The lowest BCUT2D eigenvalue weighted by Gasteiger charge is -2.18. The molecule has 2 aromatic carbocycles. The molecule has 7 heteroatoms. The molecule has 0 aromatic heterocycles. The Morgan fingerprint density at radius 2 is 1.81 bits per heavy atom. The largest absolute Gasteiger partial charge is 0.492 e. The number of amides is 1. The van der Waals surface area contributed by atoms with Crippen LogP contribution in [-0.2, 0) is 9.84 Å². The van der Waals surface area contributed by atoms with Gasteiger partial charge < -0.3 is 10.1 Å². The predicted octanol–water partition coefficient (Wildman–Crippen LogP) is 4.02. The van der Waals surface area contributed by atoms with Gasteiger partial charge in [0.2, 0.25) is 0 Å². The molecule has 0 bridgehead atoms. The van der Waals surface area contributed by atoms with Gasteiger partial charge in [-0.3, -0.25) is 4.79 Å². The van der Waals surface area contributed by atoms with Gasteiger partial charge in [0, 0.05) is 11.8 Å². The number of hydrogen-bond donors (Lipinski definition) is 1. The summed E-state index contributed by atoms with van der Waals surface area (Å²) < 4.78 is 28.5. The third-order valence-electron chi connectivity index (χ3n) is 3.92. The zero-order valence-corrected chi connectivity index (χ0v) is 16.5. The van der Waals surface area contributed by atoms with Crippen molar-refractivity contribution in [3.63, 3.8) is 0 Å². The molecule has 0 aliphatic carbocycles. The molecule has 0 fully saturated rings. The second-order valence-electron chi connectivity index (χ2n) is 5.85. The van der Waals surface area contributed by atoms with Crippen LogP contribution in [0.15, 0.2) is 47.4 Å². The number of carbonyl (C=O) groups is 1. The Morgan fingerprint density at radius 1 is 1.15 bits per heavy atom. The first-order valence-corrected chi connectivity index (χ1v) is 10.6. The van der Waals surface area contributed by atoms with E-state index in [4.69, 9.17) is 16.3 Å². The second-order valence-corrected chi connectivity index (χ2v) is 8.28. The summed E-state index contributed by atoms with van der Waals surface area (Å²) >= 11 is 6.14. The fraction of sp³-hybridized carbons (Fsp3) is 0.316. The number of sulfone groups is 1. The molecule has 1 N–H and O–H groups in total. The molecule has 5 nitrogen and oxygen atoms in total. The summed E-state index contributed by atoms with van der Waals surface area (Å²) in [5.74, 6) is 0.281. The number of nitrogens with one attached hydrogen (secondary N) is 1. The Kier molecular flexibility index (Phi) is 6.67. The van der Waals surface area contributed by atoms with E-state index in [-0.39, 0.29) is 16.8 Å². The number of carbonyl (C=O) groups excluding carboxylic acids is 1. The molecule has 0 aliphatic heterocycles. The molecule has 2 aromatic rings. The molecule has 0 saturated heterocycles. The fourth-order valence-corrected chi connectivity index (χ4v) is 3.39. The molecule has 26 heavy (non-hydrogen) atoms. The van der Waals surface area contributed by atoms with Crippen molar-refractivity contribution in [2.45, 2.75) is 31.2 Å². The van der Waals surface area contributed by atoms with Crippen LogP contribution < -0.4 is 10.1 Å². The Hall–Kier alpha value is -2.05. The van der Waals surface area contributed by atoms with Gasteiger partial charge in [-0.25, -0.2) is 8.42 Å². The summed E-state index contributed by atoms with van der Waals surface area (Å²) in [6.45, 7) is 4.30. The van der Waals surface area contributed by atoms with Gasteiger partial charge >= 0.3 is 0 Å². The zero-order valence-electron chi connectivity index (χ0n) is 15.0. The van der Waals surface area contributed by atoms with Crippen LogP contribution in [0.3, 0.4) is 0 Å². The molecule has 1 atom stereocenters. The van der Waals surface area contributed by atoms with Crippen LogP contribution in [0.5, 0.6) is 5.75 Å². The van der Waals surface area contributed by atoms with Crippen molar-refractivity contribution in [3.05, 3.63) is 58.6 Å². The zero-order chi connectivity index (χ0) is 19.3. The fourth-order valence-electron chi connectivity index (χ4n) is 2.52. The summed E-state index contributed by atoms with van der Waals surface area (Å²) in [7, 11) is -3.25. The number of rotatable bonds is 7. The van der Waals surface area contributed by atoms with E-state index < -0.39 is 9.84 Å². The van der Waals surface area contributed by atoms with Crippen LogP contribution >= 0.6 is 11.6 Å². The topological polar surface area (TPSA) is 72.5 Å². The highest BCUT2D eigenvalue weighted by Crippen LogP contribution is 2.26. The first-order valence-electron chi connectivity index (χ1n) is 8.29. The number of hydrogen-bond acceptors (Lipinski definition) is 4. The number of ether oxygens (including phenoxy) is 1. The van der Waals surface area contributed by atoms with Crippen molar-refractivity contribution in [2.75, 3.05) is 12.9 Å². The minimum absolute atomic E-state index is 0.235. The van der Waals surface area contributed by atoms with Gasteiger partial charge in [-0.2, -0.15) is 0 Å². The SMILES string of the molecule is CCOc1ccc(C(=O)N[C@H](CC)c2ccc(S(C)(=O)=O)cc2)cc1Cl. The van der Waals surface area contributed by atoms with E-state index in [1.54, 1.807) is 42.5 Å². The summed E-state index contributed by atoms with van der Waals surface area (Å²) in [6, 6.07) is 11.2. The van der Waals surface area contributed by atoms with Gasteiger partial charge in [0.15, 0.2) is 9.84 Å². The lowest BCUT2D eigenvalue weighted by Crippen LogP contribution is -2.28. The van der Waals surface area contributed by atoms with E-state index in [1.807, 2.05) is 13.8 Å². The average Bonchev–Trinajstić information content (AvgIpc) is 2.60. The van der Waals surface area contributed by atoms with Gasteiger partial charge in [-0.05, 0) is 49.2 Å². The van der Waals surface area contributed by atoms with E-state index in [2.05, 4.69) is 5.32 Å². The number of halogens is 1. The van der Waals surface area contributed by atoms with Gasteiger partial charge in [-0.15, -0.1) is 0 Å². The normalized spacial score (nSPS) is 12.5. The molecule has 2 rings (SSSR count). The summed E-state index contributed by atoms with van der Waals surface area (Å²) in [5.41, 5.74) is 1.27. The van der Waals surface area contributed by atoms with Crippen molar-refractivity contribution in [2.24, 2.45) is 0 Å². The molecular weight excluding hydrogens is 374 g/mol. The molecule has 0 heterocycles. The lowest BCUT2D eigenvalue weighted by molar-refractivity contribution is 0.0935. The highest BCUT2D eigenvalue weighted by molar-refractivity contribution is 7.90. The Bertz CT molecular complexity index is 879. The van der Waals surface area contributed by atoms with Crippen LogP contribution in [0.1, 0.15) is 42.2 Å². The lowest BCUT2D eigenvalue weighted by atomic mass is 10.0. The summed E-state index contributed by atoms with van der Waals surface area (Å²) in [4.78, 5) is 12.8. The van der Waals surface area contributed by atoms with E-state index in [0.717, 1.165) is 11.8 Å². The summed E-state index contributed by atoms with van der Waals surface area (Å²) in [6.07, 6.45) is 1.82. The van der Waals surface area contributed by atoms with Crippen molar-refractivity contribution >= 4 is 27.3 Å². The highest BCUT2D eigenvalue weighted by Gasteiger charge is 2.16. The van der Waals surface area contributed by atoms with Crippen LogP contribution in [0.25, 0.3) is 0 Å². The quantitative estimate of drug-likeness (QED) is 0.768. The van der Waals surface area contributed by atoms with Gasteiger partial charge in [0.25, 0.3) is 5.91 Å². The molecular formula is C19H22ClNO4S. The van der Waals surface area contributed by atoms with Crippen molar-refractivity contribution in [1.29, 1.82) is 0 Å². The van der Waals surface area contributed by atoms with Crippen molar-refractivity contribution < 1.29 is 17.9 Å². The predicted molar refractivity (Wildman–Crippen MR) is 103 cm³/mol. The van der Waals surface area contributed by atoms with E-state index in [1.165, 1.54) is 0 Å². The minimum atomic E-state index is -3.25. The maximum absolute atomic E-state index is 12.5. The first-order chi connectivity index (χ1) is 12.3.